The zero-order valence-electron chi connectivity index (χ0n) is 4.20. The fourth-order valence-corrected chi connectivity index (χ4v) is 0.944. The maximum atomic E-state index is 9.97. The molecule has 0 aromatic rings. The lowest BCUT2D eigenvalue weighted by Gasteiger charge is -2.24. The van der Waals surface area contributed by atoms with E-state index in [9.17, 15) is 8.42 Å². The third-order valence-electron chi connectivity index (χ3n) is 0.607. The minimum atomic E-state index is -3.62. The van der Waals surface area contributed by atoms with E-state index in [1.54, 1.807) is 6.92 Å². The average molecular weight is 139 g/mol. The van der Waals surface area contributed by atoms with Crippen LogP contribution in [-0.2, 0) is 19.0 Å². The summed E-state index contributed by atoms with van der Waals surface area (Å²) >= 11 is 0. The average Bonchev–Trinajstić information content (AvgIpc) is 1.60. The molecule has 0 radical (unpaired) electrons. The SMILES string of the molecule is CCN1OS(=O)(=O)O1. The molecule has 1 fully saturated rings. The van der Waals surface area contributed by atoms with Crippen LogP contribution >= 0.6 is 0 Å². The van der Waals surface area contributed by atoms with Crippen LogP contribution in [0.1, 0.15) is 6.92 Å². The van der Waals surface area contributed by atoms with Crippen LogP contribution in [-0.4, -0.2) is 20.2 Å². The molecule has 0 aliphatic carbocycles. The van der Waals surface area contributed by atoms with Crippen LogP contribution in [0.5, 0.6) is 0 Å². The first-order chi connectivity index (χ1) is 3.64. The van der Waals surface area contributed by atoms with E-state index in [-0.39, 0.29) is 0 Å². The van der Waals surface area contributed by atoms with Crippen molar-refractivity contribution in [1.82, 2.24) is 5.23 Å². The zero-order valence-corrected chi connectivity index (χ0v) is 5.01. The van der Waals surface area contributed by atoms with Crippen molar-refractivity contribution < 1.29 is 17.0 Å². The minimum Gasteiger partial charge on any atom is -0.166 e. The second kappa shape index (κ2) is 1.66. The molecule has 1 saturated heterocycles. The van der Waals surface area contributed by atoms with Gasteiger partial charge in [0, 0.05) is 0 Å². The molecular weight excluding hydrogens is 134 g/mol. The van der Waals surface area contributed by atoms with Crippen LogP contribution in [0.4, 0.5) is 0 Å². The highest BCUT2D eigenvalue weighted by atomic mass is 32.3. The maximum Gasteiger partial charge on any atom is 0.436 e. The van der Waals surface area contributed by atoms with E-state index < -0.39 is 10.4 Å². The van der Waals surface area contributed by atoms with Gasteiger partial charge < -0.3 is 0 Å². The molecule has 0 amide bonds. The van der Waals surface area contributed by atoms with Crippen molar-refractivity contribution in [2.45, 2.75) is 6.92 Å². The third kappa shape index (κ3) is 0.972. The largest absolute Gasteiger partial charge is 0.436 e. The Balaban J connectivity index is 2.43. The molecule has 0 aromatic heterocycles. The van der Waals surface area contributed by atoms with Crippen LogP contribution in [0, 0.1) is 0 Å². The first-order valence-corrected chi connectivity index (χ1v) is 3.39. The van der Waals surface area contributed by atoms with Crippen molar-refractivity contribution in [3.63, 3.8) is 0 Å². The van der Waals surface area contributed by atoms with Gasteiger partial charge in [0.1, 0.15) is 0 Å². The molecule has 1 aliphatic rings. The summed E-state index contributed by atoms with van der Waals surface area (Å²) in [6, 6.07) is 0. The first-order valence-electron chi connectivity index (χ1n) is 2.06. The predicted octanol–water partition coefficient (Wildman–Crippen LogP) is -0.570. The van der Waals surface area contributed by atoms with Gasteiger partial charge in [0.05, 0.1) is 6.54 Å². The van der Waals surface area contributed by atoms with Crippen molar-refractivity contribution in [3.8, 4) is 0 Å². The molecule has 0 aromatic carbocycles. The van der Waals surface area contributed by atoms with Crippen LogP contribution in [0.2, 0.25) is 0 Å². The number of rotatable bonds is 1. The maximum absolute atomic E-state index is 9.97. The minimum absolute atomic E-state index is 0.402. The van der Waals surface area contributed by atoms with Gasteiger partial charge in [-0.15, -0.1) is 8.57 Å². The molecule has 1 rings (SSSR count). The molecule has 6 heteroatoms. The van der Waals surface area contributed by atoms with Crippen LogP contribution < -0.4 is 0 Å². The fourth-order valence-electron chi connectivity index (χ4n) is 0.315. The van der Waals surface area contributed by atoms with Crippen molar-refractivity contribution >= 4 is 10.4 Å². The van der Waals surface area contributed by atoms with E-state index in [4.69, 9.17) is 0 Å². The van der Waals surface area contributed by atoms with E-state index in [0.717, 1.165) is 5.23 Å². The summed E-state index contributed by atoms with van der Waals surface area (Å²) in [5, 5.41) is 0.870. The molecule has 0 bridgehead atoms. The highest BCUT2D eigenvalue weighted by molar-refractivity contribution is 7.82. The molecule has 0 saturated carbocycles. The van der Waals surface area contributed by atoms with E-state index in [0.29, 0.717) is 6.54 Å². The Morgan fingerprint density at radius 2 is 2.00 bits per heavy atom. The lowest BCUT2D eigenvalue weighted by atomic mass is 10.8. The van der Waals surface area contributed by atoms with Gasteiger partial charge in [-0.1, -0.05) is 0 Å². The Hall–Kier alpha value is -0.170. The quantitative estimate of drug-likeness (QED) is 0.487. The standard InChI is InChI=1S/C2H5NO4S/c1-2-3-6-8(4,5)7-3/h2H2,1H3. The molecular formula is C2H5NO4S. The molecule has 1 heterocycles. The van der Waals surface area contributed by atoms with Crippen LogP contribution in [0.15, 0.2) is 0 Å². The Morgan fingerprint density at radius 3 is 2.12 bits per heavy atom. The second-order valence-electron chi connectivity index (χ2n) is 1.21. The number of hydrogen-bond donors (Lipinski definition) is 0. The summed E-state index contributed by atoms with van der Waals surface area (Å²) in [7, 11) is -3.62. The van der Waals surface area contributed by atoms with E-state index in [1.807, 2.05) is 0 Å². The van der Waals surface area contributed by atoms with Gasteiger partial charge in [0.15, 0.2) is 0 Å². The molecule has 48 valence electrons. The summed E-state index contributed by atoms with van der Waals surface area (Å²) in [4.78, 5) is 0. The van der Waals surface area contributed by atoms with Gasteiger partial charge in [0.2, 0.25) is 0 Å². The molecule has 0 unspecified atom stereocenters. The smallest absolute Gasteiger partial charge is 0.166 e. The lowest BCUT2D eigenvalue weighted by molar-refractivity contribution is -0.322. The Labute approximate surface area is 47.0 Å². The molecule has 0 atom stereocenters. The van der Waals surface area contributed by atoms with Crippen LogP contribution in [0.3, 0.4) is 0 Å². The van der Waals surface area contributed by atoms with Gasteiger partial charge in [-0.2, -0.15) is 8.42 Å². The lowest BCUT2D eigenvalue weighted by Crippen LogP contribution is -2.41. The molecule has 8 heavy (non-hydrogen) atoms. The highest BCUT2D eigenvalue weighted by Crippen LogP contribution is 2.14. The van der Waals surface area contributed by atoms with Crippen molar-refractivity contribution in [3.05, 3.63) is 0 Å². The first kappa shape index (κ1) is 5.96. The Bertz CT molecular complexity index is 160. The van der Waals surface area contributed by atoms with Gasteiger partial charge in [-0.3, -0.25) is 0 Å². The summed E-state index contributed by atoms with van der Waals surface area (Å²) in [6.07, 6.45) is 0. The van der Waals surface area contributed by atoms with Gasteiger partial charge in [-0.05, 0) is 12.2 Å². The zero-order chi connectivity index (χ0) is 6.20. The van der Waals surface area contributed by atoms with Crippen molar-refractivity contribution in [2.24, 2.45) is 0 Å². The Kier molecular flexibility index (Phi) is 1.24. The van der Waals surface area contributed by atoms with Gasteiger partial charge in [-0.25, -0.2) is 0 Å². The third-order valence-corrected chi connectivity index (χ3v) is 1.30. The number of hydroxylamine groups is 2. The van der Waals surface area contributed by atoms with Gasteiger partial charge >= 0.3 is 10.4 Å². The predicted molar refractivity (Wildman–Crippen MR) is 23.5 cm³/mol. The fraction of sp³-hybridized carbons (Fsp3) is 1.00. The van der Waals surface area contributed by atoms with E-state index in [2.05, 4.69) is 8.57 Å². The van der Waals surface area contributed by atoms with Crippen molar-refractivity contribution in [2.75, 3.05) is 6.54 Å². The molecule has 0 spiro atoms. The summed E-state index contributed by atoms with van der Waals surface area (Å²) in [5.41, 5.74) is 0. The summed E-state index contributed by atoms with van der Waals surface area (Å²) in [6.45, 7) is 2.11. The Morgan fingerprint density at radius 1 is 1.50 bits per heavy atom. The molecule has 5 nitrogen and oxygen atoms in total. The highest BCUT2D eigenvalue weighted by Gasteiger charge is 2.33. The normalized spacial score (nSPS) is 27.1. The number of nitrogens with zero attached hydrogens (tertiary/aromatic N) is 1. The van der Waals surface area contributed by atoms with E-state index >= 15 is 0 Å². The second-order valence-corrected chi connectivity index (χ2v) is 2.32. The van der Waals surface area contributed by atoms with Gasteiger partial charge in [0.25, 0.3) is 0 Å². The topological polar surface area (TPSA) is 55.8 Å². The van der Waals surface area contributed by atoms with Crippen LogP contribution in [0.25, 0.3) is 0 Å². The van der Waals surface area contributed by atoms with Crippen molar-refractivity contribution in [1.29, 1.82) is 0 Å². The molecule has 1 aliphatic heterocycles. The van der Waals surface area contributed by atoms with E-state index in [1.165, 1.54) is 0 Å². The number of hydrogen-bond acceptors (Lipinski definition) is 5. The summed E-state index contributed by atoms with van der Waals surface area (Å²) < 4.78 is 28.1. The monoisotopic (exact) mass is 139 g/mol. The molecule has 0 N–H and O–H groups in total. The summed E-state index contributed by atoms with van der Waals surface area (Å²) in [5.74, 6) is 0.